The molecule has 18 heavy (non-hydrogen) atoms. The molecule has 0 radical (unpaired) electrons. The van der Waals surface area contributed by atoms with Crippen LogP contribution in [-0.4, -0.2) is 29.6 Å². The third-order valence-corrected chi connectivity index (χ3v) is 3.26. The molecule has 1 aromatic carbocycles. The lowest BCUT2D eigenvalue weighted by molar-refractivity contribution is 0.219. The molecule has 0 fully saturated rings. The van der Waals surface area contributed by atoms with Crippen LogP contribution in [0.3, 0.4) is 0 Å². The lowest BCUT2D eigenvalue weighted by Crippen LogP contribution is -2.28. The Labute approximate surface area is 115 Å². The number of allylic oxidation sites excluding steroid dienone is 1. The van der Waals surface area contributed by atoms with Crippen LogP contribution in [0, 0.1) is 0 Å². The standard InChI is InChI=1S/C14H15BrN2O/c1-4-5-12-9-10-8-11(15)6-7-13(10)17(12)14(18)16(2)3/h4,6-9H,1,5H2,2-3H3. The van der Waals surface area contributed by atoms with Crippen LogP contribution >= 0.6 is 15.9 Å². The number of carbonyl (C=O) groups is 1. The van der Waals surface area contributed by atoms with Crippen LogP contribution in [0.4, 0.5) is 4.79 Å². The van der Waals surface area contributed by atoms with Crippen LogP contribution in [0.25, 0.3) is 10.9 Å². The average Bonchev–Trinajstić information content (AvgIpc) is 2.65. The van der Waals surface area contributed by atoms with Crippen LogP contribution < -0.4 is 0 Å². The Kier molecular flexibility index (Phi) is 3.57. The summed E-state index contributed by atoms with van der Waals surface area (Å²) in [5.74, 6) is 0. The van der Waals surface area contributed by atoms with Crippen molar-refractivity contribution in [2.75, 3.05) is 14.1 Å². The number of aromatic nitrogens is 1. The number of fused-ring (bicyclic) bond motifs is 1. The molecule has 94 valence electrons. The summed E-state index contributed by atoms with van der Waals surface area (Å²) in [7, 11) is 3.51. The van der Waals surface area contributed by atoms with E-state index in [-0.39, 0.29) is 6.03 Å². The molecule has 2 rings (SSSR count). The summed E-state index contributed by atoms with van der Waals surface area (Å²) in [4.78, 5) is 13.8. The van der Waals surface area contributed by atoms with Crippen molar-refractivity contribution >= 4 is 32.9 Å². The maximum atomic E-state index is 12.2. The molecule has 0 bridgehead atoms. The molecule has 0 aliphatic carbocycles. The van der Waals surface area contributed by atoms with Crippen molar-refractivity contribution in [3.05, 3.63) is 47.1 Å². The largest absolute Gasteiger partial charge is 0.330 e. The minimum atomic E-state index is -0.0378. The maximum Gasteiger partial charge on any atom is 0.328 e. The van der Waals surface area contributed by atoms with Crippen molar-refractivity contribution in [3.8, 4) is 0 Å². The van der Waals surface area contributed by atoms with Crippen LogP contribution in [0.15, 0.2) is 41.4 Å². The number of hydrogen-bond donors (Lipinski definition) is 0. The molecule has 1 aromatic heterocycles. The van der Waals surface area contributed by atoms with E-state index in [1.807, 2.05) is 30.3 Å². The van der Waals surface area contributed by atoms with E-state index in [0.29, 0.717) is 6.42 Å². The third kappa shape index (κ3) is 2.20. The minimum Gasteiger partial charge on any atom is -0.330 e. The van der Waals surface area contributed by atoms with Crippen LogP contribution in [0.1, 0.15) is 5.69 Å². The van der Waals surface area contributed by atoms with Gasteiger partial charge in [-0.2, -0.15) is 0 Å². The number of benzene rings is 1. The van der Waals surface area contributed by atoms with E-state index in [0.717, 1.165) is 21.1 Å². The summed E-state index contributed by atoms with van der Waals surface area (Å²) < 4.78 is 2.75. The number of hydrogen-bond acceptors (Lipinski definition) is 1. The van der Waals surface area contributed by atoms with Gasteiger partial charge in [0.1, 0.15) is 0 Å². The lowest BCUT2D eigenvalue weighted by atomic mass is 10.2. The third-order valence-electron chi connectivity index (χ3n) is 2.77. The van der Waals surface area contributed by atoms with Gasteiger partial charge in [0.2, 0.25) is 0 Å². The Bertz CT molecular complexity index is 614. The van der Waals surface area contributed by atoms with E-state index in [4.69, 9.17) is 0 Å². The highest BCUT2D eigenvalue weighted by Crippen LogP contribution is 2.24. The van der Waals surface area contributed by atoms with Gasteiger partial charge in [-0.25, -0.2) is 4.79 Å². The van der Waals surface area contributed by atoms with Crippen molar-refractivity contribution in [2.45, 2.75) is 6.42 Å². The lowest BCUT2D eigenvalue weighted by Gasteiger charge is -2.14. The topological polar surface area (TPSA) is 25.2 Å². The first-order chi connectivity index (χ1) is 8.54. The highest BCUT2D eigenvalue weighted by molar-refractivity contribution is 9.10. The van der Waals surface area contributed by atoms with Crippen molar-refractivity contribution < 1.29 is 4.79 Å². The summed E-state index contributed by atoms with van der Waals surface area (Å²) in [5, 5.41) is 1.05. The Balaban J connectivity index is 2.69. The van der Waals surface area contributed by atoms with Gasteiger partial charge in [-0.05, 0) is 24.3 Å². The van der Waals surface area contributed by atoms with E-state index in [2.05, 4.69) is 22.5 Å². The number of carbonyl (C=O) groups excluding carboxylic acids is 1. The molecule has 0 saturated heterocycles. The molecule has 0 aliphatic heterocycles. The van der Waals surface area contributed by atoms with Crippen LogP contribution in [-0.2, 0) is 6.42 Å². The van der Waals surface area contributed by atoms with E-state index >= 15 is 0 Å². The summed E-state index contributed by atoms with van der Waals surface area (Å²) in [5.41, 5.74) is 1.88. The first kappa shape index (κ1) is 12.9. The van der Waals surface area contributed by atoms with Gasteiger partial charge >= 0.3 is 6.03 Å². The normalized spacial score (nSPS) is 10.6. The Hall–Kier alpha value is -1.55. The summed E-state index contributed by atoms with van der Waals surface area (Å²) >= 11 is 3.45. The molecular weight excluding hydrogens is 292 g/mol. The van der Waals surface area contributed by atoms with Gasteiger partial charge in [-0.3, -0.25) is 4.57 Å². The van der Waals surface area contributed by atoms with Gasteiger partial charge < -0.3 is 4.90 Å². The molecule has 0 aliphatic rings. The molecule has 0 spiro atoms. The number of rotatable bonds is 2. The smallest absolute Gasteiger partial charge is 0.328 e. The Morgan fingerprint density at radius 1 is 1.44 bits per heavy atom. The molecule has 1 heterocycles. The summed E-state index contributed by atoms with van der Waals surface area (Å²) in [6.45, 7) is 3.74. The monoisotopic (exact) mass is 306 g/mol. The van der Waals surface area contributed by atoms with E-state index in [1.54, 1.807) is 23.6 Å². The van der Waals surface area contributed by atoms with Gasteiger partial charge in [-0.15, -0.1) is 6.58 Å². The predicted molar refractivity (Wildman–Crippen MR) is 78.0 cm³/mol. The van der Waals surface area contributed by atoms with Gasteiger partial charge in [0.05, 0.1) is 5.52 Å². The summed E-state index contributed by atoms with van der Waals surface area (Å²) in [6, 6.07) is 7.90. The van der Waals surface area contributed by atoms with Crippen molar-refractivity contribution in [1.29, 1.82) is 0 Å². The van der Waals surface area contributed by atoms with Crippen molar-refractivity contribution in [1.82, 2.24) is 9.47 Å². The molecule has 0 N–H and O–H groups in total. The van der Waals surface area contributed by atoms with Crippen LogP contribution in [0.5, 0.6) is 0 Å². The van der Waals surface area contributed by atoms with Crippen molar-refractivity contribution in [3.63, 3.8) is 0 Å². The molecule has 2 aromatic rings. The molecule has 1 amide bonds. The Morgan fingerprint density at radius 3 is 2.78 bits per heavy atom. The van der Waals surface area contributed by atoms with Gasteiger partial charge in [0.15, 0.2) is 0 Å². The predicted octanol–water partition coefficient (Wildman–Crippen LogP) is 3.66. The summed E-state index contributed by atoms with van der Waals surface area (Å²) in [6.07, 6.45) is 2.48. The van der Waals surface area contributed by atoms with Gasteiger partial charge in [-0.1, -0.05) is 22.0 Å². The highest BCUT2D eigenvalue weighted by Gasteiger charge is 2.15. The van der Waals surface area contributed by atoms with Crippen LogP contribution in [0.2, 0.25) is 0 Å². The fourth-order valence-electron chi connectivity index (χ4n) is 1.97. The maximum absolute atomic E-state index is 12.2. The number of halogens is 1. The van der Waals surface area contributed by atoms with E-state index < -0.39 is 0 Å². The number of amides is 1. The van der Waals surface area contributed by atoms with Crippen molar-refractivity contribution in [2.24, 2.45) is 0 Å². The minimum absolute atomic E-state index is 0.0378. The van der Waals surface area contributed by atoms with E-state index in [1.165, 1.54) is 0 Å². The molecular formula is C14H15BrN2O. The zero-order valence-electron chi connectivity index (χ0n) is 10.5. The second-order valence-corrected chi connectivity index (χ2v) is 5.26. The fraction of sp³-hybridized carbons (Fsp3) is 0.214. The molecule has 3 nitrogen and oxygen atoms in total. The Morgan fingerprint density at radius 2 is 2.17 bits per heavy atom. The molecule has 4 heteroatoms. The first-order valence-electron chi connectivity index (χ1n) is 5.67. The first-order valence-corrected chi connectivity index (χ1v) is 6.46. The second-order valence-electron chi connectivity index (χ2n) is 4.34. The zero-order valence-corrected chi connectivity index (χ0v) is 12.1. The quantitative estimate of drug-likeness (QED) is 0.777. The molecule has 0 atom stereocenters. The average molecular weight is 307 g/mol. The number of nitrogens with zero attached hydrogens (tertiary/aromatic N) is 2. The van der Waals surface area contributed by atoms with Gasteiger partial charge in [0, 0.05) is 36.1 Å². The second kappa shape index (κ2) is 4.98. The van der Waals surface area contributed by atoms with E-state index in [9.17, 15) is 4.79 Å². The molecule has 0 saturated carbocycles. The SMILES string of the molecule is C=CCc1cc2cc(Br)ccc2n1C(=O)N(C)C. The zero-order chi connectivity index (χ0) is 13.3. The molecule has 0 unspecified atom stereocenters. The highest BCUT2D eigenvalue weighted by atomic mass is 79.9. The van der Waals surface area contributed by atoms with Gasteiger partial charge in [0.25, 0.3) is 0 Å². The fourth-order valence-corrected chi connectivity index (χ4v) is 2.35.